The Morgan fingerprint density at radius 3 is 2.22 bits per heavy atom. The minimum atomic E-state index is -1.51. The second-order valence-corrected chi connectivity index (χ2v) is 6.28. The SMILES string of the molecule is C[C@@H](O)[C@H](N)C(=O)N[C@@H](CO)C(=O)N1CCC[C@H]1C(=O)N[C@@H](CO)C(=O)O. The molecule has 12 heteroatoms. The van der Waals surface area contributed by atoms with Crippen molar-refractivity contribution < 1.29 is 39.6 Å². The molecular weight excluding hydrogens is 364 g/mol. The molecule has 1 aliphatic rings. The predicted octanol–water partition coefficient (Wildman–Crippen LogP) is -4.28. The number of hydrogen-bond acceptors (Lipinski definition) is 8. The number of nitrogens with zero attached hydrogens (tertiary/aromatic N) is 1. The van der Waals surface area contributed by atoms with Gasteiger partial charge in [-0.15, -0.1) is 0 Å². The maximum Gasteiger partial charge on any atom is 0.328 e. The Kier molecular flexibility index (Phi) is 8.56. The summed E-state index contributed by atoms with van der Waals surface area (Å²) in [5.74, 6) is -3.76. The first-order valence-electron chi connectivity index (χ1n) is 8.43. The van der Waals surface area contributed by atoms with E-state index in [1.54, 1.807) is 0 Å². The zero-order valence-corrected chi connectivity index (χ0v) is 14.9. The third kappa shape index (κ3) is 5.85. The van der Waals surface area contributed by atoms with Gasteiger partial charge in [-0.05, 0) is 19.8 Å². The standard InChI is InChI=1S/C15H26N4O8/c1-7(22)11(16)13(24)17-8(5-20)14(25)19-4-2-3-10(19)12(23)18-9(6-21)15(26)27/h7-11,20-22H,2-6,16H2,1H3,(H,17,24)(H,18,23)(H,26,27)/t7-,8+,9+,10+,11+/m1/s1. The van der Waals surface area contributed by atoms with Crippen molar-refractivity contribution in [1.82, 2.24) is 15.5 Å². The Labute approximate surface area is 155 Å². The summed E-state index contributed by atoms with van der Waals surface area (Å²) in [5.41, 5.74) is 5.48. The van der Waals surface area contributed by atoms with E-state index in [1.165, 1.54) is 6.92 Å². The molecule has 27 heavy (non-hydrogen) atoms. The molecule has 1 rings (SSSR count). The molecule has 12 nitrogen and oxygen atoms in total. The number of rotatable bonds is 9. The fourth-order valence-corrected chi connectivity index (χ4v) is 2.63. The number of hydrogen-bond donors (Lipinski definition) is 7. The summed E-state index contributed by atoms with van der Waals surface area (Å²) in [4.78, 5) is 48.8. The average molecular weight is 390 g/mol. The highest BCUT2D eigenvalue weighted by Crippen LogP contribution is 2.19. The molecule has 0 radical (unpaired) electrons. The Morgan fingerprint density at radius 2 is 1.74 bits per heavy atom. The van der Waals surface area contributed by atoms with E-state index in [0.29, 0.717) is 6.42 Å². The number of nitrogens with two attached hydrogens (primary N) is 1. The number of nitrogens with one attached hydrogen (secondary N) is 2. The number of carboxylic acid groups (broad SMARTS) is 1. The van der Waals surface area contributed by atoms with E-state index < -0.39 is 67.2 Å². The summed E-state index contributed by atoms with van der Waals surface area (Å²) in [6.45, 7) is -0.103. The van der Waals surface area contributed by atoms with E-state index in [2.05, 4.69) is 10.6 Å². The van der Waals surface area contributed by atoms with Gasteiger partial charge < -0.3 is 41.7 Å². The third-order valence-corrected chi connectivity index (χ3v) is 4.26. The van der Waals surface area contributed by atoms with Gasteiger partial charge in [0.25, 0.3) is 0 Å². The van der Waals surface area contributed by atoms with E-state index in [0.717, 1.165) is 4.90 Å². The molecule has 154 valence electrons. The largest absolute Gasteiger partial charge is 0.480 e. The van der Waals surface area contributed by atoms with Crippen LogP contribution in [0, 0.1) is 0 Å². The number of aliphatic carboxylic acids is 1. The van der Waals surface area contributed by atoms with Crippen LogP contribution < -0.4 is 16.4 Å². The number of carboxylic acids is 1. The number of carbonyl (C=O) groups is 4. The zero-order chi connectivity index (χ0) is 20.7. The lowest BCUT2D eigenvalue weighted by molar-refractivity contribution is -0.146. The van der Waals surface area contributed by atoms with Gasteiger partial charge in [0.15, 0.2) is 0 Å². The molecule has 5 atom stereocenters. The van der Waals surface area contributed by atoms with Crippen LogP contribution in [0.5, 0.6) is 0 Å². The summed E-state index contributed by atoms with van der Waals surface area (Å²) in [7, 11) is 0. The highest BCUT2D eigenvalue weighted by atomic mass is 16.4. The Balaban J connectivity index is 2.82. The zero-order valence-electron chi connectivity index (χ0n) is 14.9. The van der Waals surface area contributed by atoms with Crippen molar-refractivity contribution in [2.24, 2.45) is 5.73 Å². The lowest BCUT2D eigenvalue weighted by Crippen LogP contribution is -2.59. The molecular formula is C15H26N4O8. The average Bonchev–Trinajstić information content (AvgIpc) is 3.11. The molecule has 0 aromatic heterocycles. The van der Waals surface area contributed by atoms with Gasteiger partial charge in [-0.1, -0.05) is 0 Å². The highest BCUT2D eigenvalue weighted by molar-refractivity contribution is 5.94. The predicted molar refractivity (Wildman–Crippen MR) is 90.1 cm³/mol. The molecule has 1 aliphatic heterocycles. The smallest absolute Gasteiger partial charge is 0.328 e. The number of likely N-dealkylation sites (tertiary alicyclic amines) is 1. The van der Waals surface area contributed by atoms with Crippen LogP contribution in [0.4, 0.5) is 0 Å². The third-order valence-electron chi connectivity index (χ3n) is 4.26. The topological polar surface area (TPSA) is 203 Å². The monoisotopic (exact) mass is 390 g/mol. The number of carbonyl (C=O) groups excluding carboxylic acids is 3. The molecule has 0 unspecified atom stereocenters. The summed E-state index contributed by atoms with van der Waals surface area (Å²) in [5, 5.41) is 41.0. The number of amides is 3. The minimum absolute atomic E-state index is 0.169. The van der Waals surface area contributed by atoms with E-state index in [1.807, 2.05) is 0 Å². The normalized spacial score (nSPS) is 21.1. The maximum absolute atomic E-state index is 12.6. The molecule has 1 fully saturated rings. The molecule has 0 bridgehead atoms. The molecule has 8 N–H and O–H groups in total. The second-order valence-electron chi connectivity index (χ2n) is 6.28. The van der Waals surface area contributed by atoms with Gasteiger partial charge in [0.1, 0.15) is 24.2 Å². The van der Waals surface area contributed by atoms with Gasteiger partial charge in [0.05, 0.1) is 19.3 Å². The van der Waals surface area contributed by atoms with Crippen molar-refractivity contribution in [3.63, 3.8) is 0 Å². The second kappa shape index (κ2) is 10.2. The first kappa shape index (κ1) is 22.8. The van der Waals surface area contributed by atoms with Crippen molar-refractivity contribution >= 4 is 23.7 Å². The van der Waals surface area contributed by atoms with Gasteiger partial charge in [-0.3, -0.25) is 14.4 Å². The number of aliphatic hydroxyl groups is 3. The van der Waals surface area contributed by atoms with Crippen LogP contribution in [0.1, 0.15) is 19.8 Å². The van der Waals surface area contributed by atoms with E-state index >= 15 is 0 Å². The van der Waals surface area contributed by atoms with E-state index in [-0.39, 0.29) is 13.0 Å². The van der Waals surface area contributed by atoms with Gasteiger partial charge >= 0.3 is 5.97 Å². The summed E-state index contributed by atoms with van der Waals surface area (Å²) < 4.78 is 0. The molecule has 3 amide bonds. The molecule has 0 saturated carbocycles. The molecule has 0 aromatic rings. The lowest BCUT2D eigenvalue weighted by Gasteiger charge is -2.29. The Hall–Kier alpha value is -2.28. The van der Waals surface area contributed by atoms with Crippen LogP contribution in [-0.2, 0) is 19.2 Å². The van der Waals surface area contributed by atoms with Crippen LogP contribution in [0.3, 0.4) is 0 Å². The molecule has 1 saturated heterocycles. The van der Waals surface area contributed by atoms with Crippen LogP contribution in [0.15, 0.2) is 0 Å². The molecule has 1 heterocycles. The van der Waals surface area contributed by atoms with Crippen molar-refractivity contribution in [2.45, 2.75) is 50.0 Å². The molecule has 0 spiro atoms. The number of aliphatic hydroxyl groups excluding tert-OH is 3. The quantitative estimate of drug-likeness (QED) is 0.203. The fraction of sp³-hybridized carbons (Fsp3) is 0.733. The van der Waals surface area contributed by atoms with E-state index in [9.17, 15) is 29.4 Å². The van der Waals surface area contributed by atoms with Crippen LogP contribution in [-0.4, -0.2) is 99.0 Å². The van der Waals surface area contributed by atoms with Gasteiger partial charge in [0, 0.05) is 6.54 Å². The summed E-state index contributed by atoms with van der Waals surface area (Å²) in [6.07, 6.45) is -0.453. The fourth-order valence-electron chi connectivity index (χ4n) is 2.63. The Morgan fingerprint density at radius 1 is 1.15 bits per heavy atom. The van der Waals surface area contributed by atoms with Gasteiger partial charge in [-0.25, -0.2) is 4.79 Å². The summed E-state index contributed by atoms with van der Waals surface area (Å²) in [6, 6.07) is -5.18. The molecule has 0 aliphatic carbocycles. The van der Waals surface area contributed by atoms with E-state index in [4.69, 9.17) is 15.9 Å². The highest BCUT2D eigenvalue weighted by Gasteiger charge is 2.39. The maximum atomic E-state index is 12.6. The van der Waals surface area contributed by atoms with Crippen molar-refractivity contribution in [3.05, 3.63) is 0 Å². The first-order valence-corrected chi connectivity index (χ1v) is 8.43. The van der Waals surface area contributed by atoms with Crippen molar-refractivity contribution in [3.8, 4) is 0 Å². The van der Waals surface area contributed by atoms with Crippen LogP contribution in [0.25, 0.3) is 0 Å². The van der Waals surface area contributed by atoms with Crippen molar-refractivity contribution in [1.29, 1.82) is 0 Å². The van der Waals surface area contributed by atoms with Gasteiger partial charge in [-0.2, -0.15) is 0 Å². The Bertz CT molecular complexity index is 570. The van der Waals surface area contributed by atoms with Crippen LogP contribution >= 0.6 is 0 Å². The van der Waals surface area contributed by atoms with Crippen molar-refractivity contribution in [2.75, 3.05) is 19.8 Å². The first-order chi connectivity index (χ1) is 12.6. The molecule has 0 aromatic carbocycles. The summed E-state index contributed by atoms with van der Waals surface area (Å²) >= 11 is 0. The lowest BCUT2D eigenvalue weighted by atomic mass is 10.1. The van der Waals surface area contributed by atoms with Crippen LogP contribution in [0.2, 0.25) is 0 Å². The van der Waals surface area contributed by atoms with Gasteiger partial charge in [0.2, 0.25) is 17.7 Å². The minimum Gasteiger partial charge on any atom is -0.480 e.